The van der Waals surface area contributed by atoms with Gasteiger partial charge in [-0.1, -0.05) is 30.3 Å². The van der Waals surface area contributed by atoms with Crippen LogP contribution < -0.4 is 5.32 Å². The van der Waals surface area contributed by atoms with Gasteiger partial charge < -0.3 is 5.32 Å². The van der Waals surface area contributed by atoms with E-state index in [0.717, 1.165) is 18.5 Å². The molecule has 0 spiro atoms. The van der Waals surface area contributed by atoms with Gasteiger partial charge in [0, 0.05) is 12.2 Å². The van der Waals surface area contributed by atoms with Crippen molar-refractivity contribution in [3.05, 3.63) is 59.8 Å². The molecule has 0 aliphatic heterocycles. The molecule has 0 saturated carbocycles. The predicted molar refractivity (Wildman–Crippen MR) is 85.6 cm³/mol. The van der Waals surface area contributed by atoms with Gasteiger partial charge in [-0.05, 0) is 49.9 Å². The smallest absolute Gasteiger partial charge is 0.243 e. The Labute approximate surface area is 124 Å². The minimum atomic E-state index is 0.337. The van der Waals surface area contributed by atoms with Crippen molar-refractivity contribution in [2.24, 2.45) is 0 Å². The number of pyridine rings is 1. The van der Waals surface area contributed by atoms with Crippen LogP contribution in [0.4, 0.5) is 5.95 Å². The second-order valence-electron chi connectivity index (χ2n) is 5.51. The molecule has 3 aromatic rings. The van der Waals surface area contributed by atoms with Gasteiger partial charge in [-0.3, -0.25) is 0 Å². The lowest BCUT2D eigenvalue weighted by Gasteiger charge is -2.11. The van der Waals surface area contributed by atoms with Gasteiger partial charge in [0.25, 0.3) is 0 Å². The summed E-state index contributed by atoms with van der Waals surface area (Å²) < 4.78 is 1.80. The zero-order valence-corrected chi connectivity index (χ0v) is 12.5. The van der Waals surface area contributed by atoms with Gasteiger partial charge in [-0.25, -0.2) is 4.52 Å². The lowest BCUT2D eigenvalue weighted by molar-refractivity contribution is 0.698. The van der Waals surface area contributed by atoms with Gasteiger partial charge in [0.1, 0.15) is 0 Å². The fraction of sp³-hybridized carbons (Fsp3) is 0.294. The standard InChI is InChI=1S/C17H20N4/c1-13-10-11-21-16(12-13)19-17(20-21)18-14(2)8-9-15-6-4-3-5-7-15/h3-7,10-12,14H,8-9H2,1-2H3,(H,18,20). The largest absolute Gasteiger partial charge is 0.350 e. The van der Waals surface area contributed by atoms with Crippen LogP contribution in [0.15, 0.2) is 48.7 Å². The number of fused-ring (bicyclic) bond motifs is 1. The third-order valence-electron chi connectivity index (χ3n) is 3.58. The van der Waals surface area contributed by atoms with Crippen LogP contribution in [-0.2, 0) is 6.42 Å². The van der Waals surface area contributed by atoms with Gasteiger partial charge in [0.15, 0.2) is 5.65 Å². The molecular formula is C17H20N4. The molecule has 21 heavy (non-hydrogen) atoms. The molecule has 2 aromatic heterocycles. The van der Waals surface area contributed by atoms with E-state index in [1.165, 1.54) is 11.1 Å². The first kappa shape index (κ1) is 13.6. The summed E-state index contributed by atoms with van der Waals surface area (Å²) in [5, 5.41) is 7.82. The summed E-state index contributed by atoms with van der Waals surface area (Å²) in [5.41, 5.74) is 3.44. The zero-order valence-electron chi connectivity index (χ0n) is 12.5. The second kappa shape index (κ2) is 5.95. The van der Waals surface area contributed by atoms with Crippen molar-refractivity contribution >= 4 is 11.6 Å². The maximum Gasteiger partial charge on any atom is 0.243 e. The normalized spacial score (nSPS) is 12.5. The molecule has 1 aromatic carbocycles. The van der Waals surface area contributed by atoms with Crippen molar-refractivity contribution in [3.63, 3.8) is 0 Å². The summed E-state index contributed by atoms with van der Waals surface area (Å²) in [7, 11) is 0. The van der Waals surface area contributed by atoms with Gasteiger partial charge in [-0.2, -0.15) is 4.98 Å². The van der Waals surface area contributed by atoms with Crippen LogP contribution in [0.3, 0.4) is 0 Å². The Kier molecular flexibility index (Phi) is 3.86. The average Bonchev–Trinajstić information content (AvgIpc) is 2.87. The van der Waals surface area contributed by atoms with Gasteiger partial charge in [-0.15, -0.1) is 5.10 Å². The Balaban J connectivity index is 1.62. The number of rotatable bonds is 5. The summed E-state index contributed by atoms with van der Waals surface area (Å²) in [4.78, 5) is 4.51. The van der Waals surface area contributed by atoms with Crippen LogP contribution in [-0.4, -0.2) is 20.6 Å². The molecule has 0 saturated heterocycles. The lowest BCUT2D eigenvalue weighted by Crippen LogP contribution is -2.17. The van der Waals surface area contributed by atoms with Crippen molar-refractivity contribution < 1.29 is 0 Å². The minimum Gasteiger partial charge on any atom is -0.350 e. The maximum absolute atomic E-state index is 4.51. The molecule has 0 radical (unpaired) electrons. The summed E-state index contributed by atoms with van der Waals surface area (Å²) in [6.45, 7) is 4.23. The van der Waals surface area contributed by atoms with E-state index >= 15 is 0 Å². The van der Waals surface area contributed by atoms with E-state index < -0.39 is 0 Å². The number of aryl methyl sites for hydroxylation is 2. The molecule has 2 heterocycles. The Bertz CT molecular complexity index is 718. The van der Waals surface area contributed by atoms with Crippen molar-refractivity contribution in [3.8, 4) is 0 Å². The third-order valence-corrected chi connectivity index (χ3v) is 3.58. The van der Waals surface area contributed by atoms with Crippen molar-refractivity contribution in [1.29, 1.82) is 0 Å². The summed E-state index contributed by atoms with van der Waals surface area (Å²) >= 11 is 0. The number of nitrogens with zero attached hydrogens (tertiary/aromatic N) is 3. The van der Waals surface area contributed by atoms with E-state index in [1.807, 2.05) is 24.4 Å². The first-order valence-electron chi connectivity index (χ1n) is 7.34. The molecule has 0 amide bonds. The Morgan fingerprint density at radius 3 is 2.81 bits per heavy atom. The lowest BCUT2D eigenvalue weighted by atomic mass is 10.1. The van der Waals surface area contributed by atoms with Gasteiger partial charge in [0.2, 0.25) is 5.95 Å². The van der Waals surface area contributed by atoms with E-state index in [1.54, 1.807) is 4.52 Å². The van der Waals surface area contributed by atoms with Gasteiger partial charge >= 0.3 is 0 Å². The van der Waals surface area contributed by atoms with Crippen LogP contribution in [0.2, 0.25) is 0 Å². The van der Waals surface area contributed by atoms with E-state index in [2.05, 4.69) is 53.5 Å². The van der Waals surface area contributed by atoms with E-state index in [4.69, 9.17) is 0 Å². The second-order valence-corrected chi connectivity index (χ2v) is 5.51. The van der Waals surface area contributed by atoms with Crippen molar-refractivity contribution in [2.75, 3.05) is 5.32 Å². The molecule has 4 nitrogen and oxygen atoms in total. The highest BCUT2D eigenvalue weighted by Gasteiger charge is 2.07. The highest BCUT2D eigenvalue weighted by Crippen LogP contribution is 2.11. The van der Waals surface area contributed by atoms with Crippen LogP contribution in [0.25, 0.3) is 5.65 Å². The van der Waals surface area contributed by atoms with Crippen LogP contribution in [0.5, 0.6) is 0 Å². The Hall–Kier alpha value is -2.36. The Morgan fingerprint density at radius 1 is 1.19 bits per heavy atom. The molecule has 1 atom stereocenters. The number of benzene rings is 1. The summed E-state index contributed by atoms with van der Waals surface area (Å²) in [6, 6.07) is 14.9. The molecule has 0 aliphatic carbocycles. The van der Waals surface area contributed by atoms with Crippen LogP contribution >= 0.6 is 0 Å². The number of hydrogen-bond acceptors (Lipinski definition) is 3. The highest BCUT2D eigenvalue weighted by molar-refractivity contribution is 5.45. The molecule has 108 valence electrons. The SMILES string of the molecule is Cc1ccn2nc(NC(C)CCc3ccccc3)nc2c1. The summed E-state index contributed by atoms with van der Waals surface area (Å²) in [5.74, 6) is 0.696. The molecule has 0 aliphatic rings. The fourth-order valence-corrected chi connectivity index (χ4v) is 2.36. The van der Waals surface area contributed by atoms with Crippen LogP contribution in [0.1, 0.15) is 24.5 Å². The number of hydrogen-bond donors (Lipinski definition) is 1. The topological polar surface area (TPSA) is 42.2 Å². The third kappa shape index (κ3) is 3.40. The van der Waals surface area contributed by atoms with E-state index in [9.17, 15) is 0 Å². The molecule has 1 unspecified atom stereocenters. The molecule has 0 bridgehead atoms. The first-order valence-corrected chi connectivity index (χ1v) is 7.34. The van der Waals surface area contributed by atoms with Crippen molar-refractivity contribution in [2.45, 2.75) is 32.7 Å². The predicted octanol–water partition coefficient (Wildman–Crippen LogP) is 3.47. The minimum absolute atomic E-state index is 0.337. The number of aromatic nitrogens is 3. The quantitative estimate of drug-likeness (QED) is 0.778. The molecule has 0 fully saturated rings. The Morgan fingerprint density at radius 2 is 2.00 bits per heavy atom. The van der Waals surface area contributed by atoms with Gasteiger partial charge in [0.05, 0.1) is 0 Å². The summed E-state index contributed by atoms with van der Waals surface area (Å²) in [6.07, 6.45) is 4.05. The molecule has 1 N–H and O–H groups in total. The average molecular weight is 280 g/mol. The molecule has 3 rings (SSSR count). The maximum atomic E-state index is 4.51. The molecule has 4 heteroatoms. The number of nitrogens with one attached hydrogen (secondary N) is 1. The van der Waals surface area contributed by atoms with E-state index in [-0.39, 0.29) is 0 Å². The fourth-order valence-electron chi connectivity index (χ4n) is 2.36. The number of anilines is 1. The van der Waals surface area contributed by atoms with E-state index in [0.29, 0.717) is 12.0 Å². The first-order chi connectivity index (χ1) is 10.2. The highest BCUT2D eigenvalue weighted by atomic mass is 15.3. The van der Waals surface area contributed by atoms with Crippen molar-refractivity contribution in [1.82, 2.24) is 14.6 Å². The van der Waals surface area contributed by atoms with Crippen LogP contribution in [0, 0.1) is 6.92 Å². The monoisotopic (exact) mass is 280 g/mol. The molecular weight excluding hydrogens is 260 g/mol. The zero-order chi connectivity index (χ0) is 14.7.